The van der Waals surface area contributed by atoms with Crippen molar-refractivity contribution >= 4 is 5.97 Å². The molecule has 0 aromatic heterocycles. The van der Waals surface area contributed by atoms with Gasteiger partial charge in [0.15, 0.2) is 0 Å². The van der Waals surface area contributed by atoms with Crippen LogP contribution in [0.5, 0.6) is 0 Å². The molecule has 0 unspecified atom stereocenters. The number of benzene rings is 1. The van der Waals surface area contributed by atoms with Crippen LogP contribution in [0.1, 0.15) is 38.4 Å². The number of hydrogen-bond donors (Lipinski definition) is 2. The minimum atomic E-state index is -0.833. The van der Waals surface area contributed by atoms with E-state index in [0.29, 0.717) is 0 Å². The van der Waals surface area contributed by atoms with Crippen LogP contribution >= 0.6 is 0 Å². The van der Waals surface area contributed by atoms with Crippen molar-refractivity contribution in [2.45, 2.75) is 32.8 Å². The van der Waals surface area contributed by atoms with Gasteiger partial charge in [-0.2, -0.15) is 0 Å². The number of aliphatic hydroxyl groups is 1. The summed E-state index contributed by atoms with van der Waals surface area (Å²) >= 11 is 0. The largest absolute Gasteiger partial charge is 0.481 e. The molecule has 1 atom stereocenters. The van der Waals surface area contributed by atoms with E-state index in [1.807, 2.05) is 30.3 Å². The minimum absolute atomic E-state index is 0.277. The SMILES string of the molecule is CC(=O)O.CCC[C@@H](O)c1ccccc1. The maximum absolute atomic E-state index is 9.52. The highest BCUT2D eigenvalue weighted by atomic mass is 16.4. The van der Waals surface area contributed by atoms with Crippen molar-refractivity contribution in [1.82, 2.24) is 0 Å². The lowest BCUT2D eigenvalue weighted by molar-refractivity contribution is -0.134. The molecule has 1 aromatic rings. The average molecular weight is 210 g/mol. The van der Waals surface area contributed by atoms with Crippen molar-refractivity contribution in [3.8, 4) is 0 Å². The predicted molar refractivity (Wildman–Crippen MR) is 59.6 cm³/mol. The summed E-state index contributed by atoms with van der Waals surface area (Å²) in [4.78, 5) is 9.00. The Balaban J connectivity index is 0.000000423. The van der Waals surface area contributed by atoms with Gasteiger partial charge in [0, 0.05) is 6.92 Å². The molecular weight excluding hydrogens is 192 g/mol. The molecule has 0 fully saturated rings. The molecule has 0 spiro atoms. The molecular formula is C12H18O3. The van der Waals surface area contributed by atoms with Crippen molar-refractivity contribution in [2.24, 2.45) is 0 Å². The van der Waals surface area contributed by atoms with Crippen LogP contribution in [-0.4, -0.2) is 16.2 Å². The standard InChI is InChI=1S/C10H14O.C2H4O2/c1-2-6-10(11)9-7-4-3-5-8-9;1-2(3)4/h3-5,7-8,10-11H,2,6H2,1H3;1H3,(H,3,4)/t10-;/m1./s1. The lowest BCUT2D eigenvalue weighted by Crippen LogP contribution is -1.95. The normalized spacial score (nSPS) is 11.1. The summed E-state index contributed by atoms with van der Waals surface area (Å²) in [5.74, 6) is -0.833. The molecule has 0 aliphatic rings. The van der Waals surface area contributed by atoms with Crippen molar-refractivity contribution in [1.29, 1.82) is 0 Å². The third kappa shape index (κ3) is 7.70. The Kier molecular flexibility index (Phi) is 7.28. The molecule has 0 amide bonds. The Labute approximate surface area is 90.4 Å². The van der Waals surface area contributed by atoms with Gasteiger partial charge >= 0.3 is 0 Å². The summed E-state index contributed by atoms with van der Waals surface area (Å²) in [7, 11) is 0. The fourth-order valence-electron chi connectivity index (χ4n) is 1.12. The van der Waals surface area contributed by atoms with Crippen molar-refractivity contribution in [2.75, 3.05) is 0 Å². The van der Waals surface area contributed by atoms with E-state index in [2.05, 4.69) is 6.92 Å². The second kappa shape index (κ2) is 8.00. The van der Waals surface area contributed by atoms with Crippen molar-refractivity contribution < 1.29 is 15.0 Å². The topological polar surface area (TPSA) is 57.5 Å². The molecule has 0 aliphatic heterocycles. The Hall–Kier alpha value is -1.35. The van der Waals surface area contributed by atoms with Gasteiger partial charge in [-0.3, -0.25) is 4.79 Å². The van der Waals surface area contributed by atoms with Gasteiger partial charge in [-0.15, -0.1) is 0 Å². The van der Waals surface area contributed by atoms with Crippen LogP contribution in [0.15, 0.2) is 30.3 Å². The molecule has 3 nitrogen and oxygen atoms in total. The first-order valence-electron chi connectivity index (χ1n) is 5.00. The summed E-state index contributed by atoms with van der Waals surface area (Å²) in [6, 6.07) is 9.78. The maximum atomic E-state index is 9.52. The first-order valence-corrected chi connectivity index (χ1v) is 5.00. The third-order valence-electron chi connectivity index (χ3n) is 1.75. The second-order valence-electron chi connectivity index (χ2n) is 3.23. The number of hydrogen-bond acceptors (Lipinski definition) is 2. The molecule has 1 rings (SSSR count). The van der Waals surface area contributed by atoms with Crippen molar-refractivity contribution in [3.05, 3.63) is 35.9 Å². The molecule has 15 heavy (non-hydrogen) atoms. The van der Waals surface area contributed by atoms with Gasteiger partial charge in [-0.25, -0.2) is 0 Å². The quantitative estimate of drug-likeness (QED) is 0.806. The highest BCUT2D eigenvalue weighted by molar-refractivity contribution is 5.62. The molecule has 84 valence electrons. The minimum Gasteiger partial charge on any atom is -0.481 e. The van der Waals surface area contributed by atoms with Crippen LogP contribution < -0.4 is 0 Å². The van der Waals surface area contributed by atoms with Crippen molar-refractivity contribution in [3.63, 3.8) is 0 Å². The van der Waals surface area contributed by atoms with Crippen LogP contribution in [0.3, 0.4) is 0 Å². The monoisotopic (exact) mass is 210 g/mol. The summed E-state index contributed by atoms with van der Waals surface area (Å²) in [5, 5.41) is 16.9. The number of aliphatic hydroxyl groups excluding tert-OH is 1. The molecule has 0 bridgehead atoms. The third-order valence-corrected chi connectivity index (χ3v) is 1.75. The molecule has 2 N–H and O–H groups in total. The Bertz CT molecular complexity index is 265. The molecule has 0 saturated heterocycles. The van der Waals surface area contributed by atoms with E-state index < -0.39 is 5.97 Å². The van der Waals surface area contributed by atoms with Gasteiger partial charge in [0.25, 0.3) is 5.97 Å². The smallest absolute Gasteiger partial charge is 0.300 e. The fraction of sp³-hybridized carbons (Fsp3) is 0.417. The number of carbonyl (C=O) groups is 1. The molecule has 3 heteroatoms. The zero-order valence-corrected chi connectivity index (χ0v) is 9.18. The van der Waals surface area contributed by atoms with E-state index in [0.717, 1.165) is 25.3 Å². The first kappa shape index (κ1) is 13.7. The number of carboxylic acid groups (broad SMARTS) is 1. The van der Waals surface area contributed by atoms with Crippen LogP contribution in [0.2, 0.25) is 0 Å². The molecule has 0 saturated carbocycles. The number of carboxylic acids is 1. The Morgan fingerprint density at radius 2 is 1.80 bits per heavy atom. The van der Waals surface area contributed by atoms with Gasteiger partial charge in [0.1, 0.15) is 0 Å². The fourth-order valence-corrected chi connectivity index (χ4v) is 1.12. The van der Waals surface area contributed by atoms with Gasteiger partial charge in [-0.1, -0.05) is 43.7 Å². The highest BCUT2D eigenvalue weighted by Crippen LogP contribution is 2.16. The molecule has 0 radical (unpaired) electrons. The van der Waals surface area contributed by atoms with Crippen LogP contribution in [0.4, 0.5) is 0 Å². The first-order chi connectivity index (χ1) is 7.07. The van der Waals surface area contributed by atoms with Gasteiger partial charge in [0.05, 0.1) is 6.10 Å². The predicted octanol–water partition coefficient (Wildman–Crippen LogP) is 2.61. The molecule has 0 aliphatic carbocycles. The number of aliphatic carboxylic acids is 1. The summed E-state index contributed by atoms with van der Waals surface area (Å²) < 4.78 is 0. The zero-order chi connectivity index (χ0) is 11.7. The van der Waals surface area contributed by atoms with E-state index in [1.54, 1.807) is 0 Å². The van der Waals surface area contributed by atoms with Crippen LogP contribution in [-0.2, 0) is 4.79 Å². The van der Waals surface area contributed by atoms with Crippen LogP contribution in [0, 0.1) is 0 Å². The van der Waals surface area contributed by atoms with Gasteiger partial charge in [0.2, 0.25) is 0 Å². The second-order valence-corrected chi connectivity index (χ2v) is 3.23. The Morgan fingerprint density at radius 3 is 2.20 bits per heavy atom. The van der Waals surface area contributed by atoms with E-state index in [4.69, 9.17) is 9.90 Å². The summed E-state index contributed by atoms with van der Waals surface area (Å²) in [6.07, 6.45) is 1.60. The van der Waals surface area contributed by atoms with Gasteiger partial charge in [-0.05, 0) is 12.0 Å². The maximum Gasteiger partial charge on any atom is 0.300 e. The summed E-state index contributed by atoms with van der Waals surface area (Å²) in [5.41, 5.74) is 1.02. The molecule has 1 aromatic carbocycles. The zero-order valence-electron chi connectivity index (χ0n) is 9.18. The van der Waals surface area contributed by atoms with E-state index >= 15 is 0 Å². The van der Waals surface area contributed by atoms with Gasteiger partial charge < -0.3 is 10.2 Å². The highest BCUT2D eigenvalue weighted by Gasteiger charge is 2.03. The van der Waals surface area contributed by atoms with E-state index in [-0.39, 0.29) is 6.10 Å². The number of rotatable bonds is 3. The lowest BCUT2D eigenvalue weighted by atomic mass is 10.1. The van der Waals surface area contributed by atoms with Crippen LogP contribution in [0.25, 0.3) is 0 Å². The lowest BCUT2D eigenvalue weighted by Gasteiger charge is -2.07. The average Bonchev–Trinajstić information content (AvgIpc) is 2.19. The van der Waals surface area contributed by atoms with E-state index in [1.165, 1.54) is 0 Å². The summed E-state index contributed by atoms with van der Waals surface area (Å²) in [6.45, 7) is 3.16. The van der Waals surface area contributed by atoms with E-state index in [9.17, 15) is 5.11 Å². The molecule has 0 heterocycles. The Morgan fingerprint density at radius 1 is 1.33 bits per heavy atom.